The summed E-state index contributed by atoms with van der Waals surface area (Å²) >= 11 is 0. The molecule has 0 aliphatic carbocycles. The van der Waals surface area contributed by atoms with Gasteiger partial charge in [0.1, 0.15) is 5.75 Å². The van der Waals surface area contributed by atoms with E-state index in [0.717, 1.165) is 30.9 Å². The molecule has 3 heterocycles. The molecule has 3 aliphatic heterocycles. The summed E-state index contributed by atoms with van der Waals surface area (Å²) in [4.78, 5) is 17.9. The standard InChI is InChI=1S/C23H34N2O3/c1-27-14-12-25(17-20-5-4-11-24-10-3-2-6-21(20)24)23(26)16-18-7-8-22-19(15-18)9-13-28-22/h7-8,15,20-21H,2-6,9-14,16-17H2,1H3. The molecule has 2 unspecified atom stereocenters. The maximum Gasteiger partial charge on any atom is 0.227 e. The van der Waals surface area contributed by atoms with Gasteiger partial charge in [0.05, 0.1) is 19.6 Å². The monoisotopic (exact) mass is 386 g/mol. The minimum absolute atomic E-state index is 0.226. The van der Waals surface area contributed by atoms with Crippen molar-refractivity contribution in [2.45, 2.75) is 51.0 Å². The zero-order valence-electron chi connectivity index (χ0n) is 17.2. The van der Waals surface area contributed by atoms with Crippen molar-refractivity contribution >= 4 is 5.91 Å². The molecule has 1 aromatic rings. The van der Waals surface area contributed by atoms with Gasteiger partial charge in [0.15, 0.2) is 0 Å². The Labute approximate surface area is 169 Å². The van der Waals surface area contributed by atoms with Gasteiger partial charge in [-0.2, -0.15) is 0 Å². The number of hydrogen-bond acceptors (Lipinski definition) is 4. The molecule has 5 heteroatoms. The summed E-state index contributed by atoms with van der Waals surface area (Å²) in [6, 6.07) is 6.88. The van der Waals surface area contributed by atoms with Crippen LogP contribution in [0.1, 0.15) is 43.2 Å². The van der Waals surface area contributed by atoms with Crippen LogP contribution < -0.4 is 4.74 Å². The molecule has 1 amide bonds. The highest BCUT2D eigenvalue weighted by Gasteiger charge is 2.34. The van der Waals surface area contributed by atoms with Crippen LogP contribution >= 0.6 is 0 Å². The summed E-state index contributed by atoms with van der Waals surface area (Å²) in [5.74, 6) is 1.80. The topological polar surface area (TPSA) is 42.0 Å². The summed E-state index contributed by atoms with van der Waals surface area (Å²) < 4.78 is 10.9. The van der Waals surface area contributed by atoms with Crippen molar-refractivity contribution in [1.82, 2.24) is 9.80 Å². The summed E-state index contributed by atoms with van der Waals surface area (Å²) in [6.07, 6.45) is 7.88. The van der Waals surface area contributed by atoms with Gasteiger partial charge < -0.3 is 19.3 Å². The zero-order chi connectivity index (χ0) is 19.3. The van der Waals surface area contributed by atoms with Crippen LogP contribution in [0.2, 0.25) is 0 Å². The molecule has 0 bridgehead atoms. The molecule has 2 fully saturated rings. The molecule has 28 heavy (non-hydrogen) atoms. The molecule has 1 aromatic carbocycles. The number of fused-ring (bicyclic) bond motifs is 2. The average Bonchev–Trinajstić information content (AvgIpc) is 3.19. The van der Waals surface area contributed by atoms with Crippen LogP contribution in [-0.2, 0) is 22.4 Å². The second-order valence-corrected chi connectivity index (χ2v) is 8.55. The maximum atomic E-state index is 13.2. The molecule has 0 radical (unpaired) electrons. The Morgan fingerprint density at radius 2 is 2.14 bits per heavy atom. The van der Waals surface area contributed by atoms with E-state index >= 15 is 0 Å². The smallest absolute Gasteiger partial charge is 0.227 e. The fourth-order valence-corrected chi connectivity index (χ4v) is 5.23. The van der Waals surface area contributed by atoms with Gasteiger partial charge >= 0.3 is 0 Å². The third-order valence-electron chi connectivity index (χ3n) is 6.71. The van der Waals surface area contributed by atoms with Crippen LogP contribution in [0, 0.1) is 5.92 Å². The van der Waals surface area contributed by atoms with Crippen LogP contribution in [-0.4, -0.2) is 68.3 Å². The highest BCUT2D eigenvalue weighted by molar-refractivity contribution is 5.79. The number of rotatable bonds is 7. The Bertz CT molecular complexity index is 676. The molecular weight excluding hydrogens is 352 g/mol. The van der Waals surface area contributed by atoms with Crippen LogP contribution in [0.3, 0.4) is 0 Å². The molecule has 2 saturated heterocycles. The molecule has 3 aliphatic rings. The van der Waals surface area contributed by atoms with Crippen molar-refractivity contribution < 1.29 is 14.3 Å². The van der Waals surface area contributed by atoms with E-state index in [4.69, 9.17) is 9.47 Å². The lowest BCUT2D eigenvalue weighted by atomic mass is 9.83. The third kappa shape index (κ3) is 4.52. The number of ether oxygens (including phenoxy) is 2. The third-order valence-corrected chi connectivity index (χ3v) is 6.71. The van der Waals surface area contributed by atoms with Crippen molar-refractivity contribution in [2.75, 3.05) is 46.5 Å². The van der Waals surface area contributed by atoms with E-state index in [2.05, 4.69) is 15.9 Å². The van der Waals surface area contributed by atoms with Gasteiger partial charge in [-0.25, -0.2) is 0 Å². The lowest BCUT2D eigenvalue weighted by Crippen LogP contribution is -2.52. The minimum atomic E-state index is 0.226. The fourth-order valence-electron chi connectivity index (χ4n) is 5.23. The number of piperidine rings is 2. The molecule has 2 atom stereocenters. The van der Waals surface area contributed by atoms with E-state index < -0.39 is 0 Å². The fraction of sp³-hybridized carbons (Fsp3) is 0.696. The molecule has 154 valence electrons. The van der Waals surface area contributed by atoms with Gasteiger partial charge in [-0.15, -0.1) is 0 Å². The van der Waals surface area contributed by atoms with Crippen LogP contribution in [0.5, 0.6) is 5.75 Å². The number of amides is 1. The maximum absolute atomic E-state index is 13.2. The molecule has 0 N–H and O–H groups in total. The highest BCUT2D eigenvalue weighted by atomic mass is 16.5. The van der Waals surface area contributed by atoms with Crippen LogP contribution in [0.15, 0.2) is 18.2 Å². The first kappa shape index (κ1) is 19.7. The Morgan fingerprint density at radius 3 is 3.04 bits per heavy atom. The largest absolute Gasteiger partial charge is 0.493 e. The first-order chi connectivity index (χ1) is 13.7. The van der Waals surface area contributed by atoms with E-state index in [-0.39, 0.29) is 5.91 Å². The molecular formula is C23H34N2O3. The first-order valence-electron chi connectivity index (χ1n) is 11.0. The van der Waals surface area contributed by atoms with E-state index in [1.165, 1.54) is 50.8 Å². The van der Waals surface area contributed by atoms with Crippen molar-refractivity contribution in [1.29, 1.82) is 0 Å². The lowest BCUT2D eigenvalue weighted by Gasteiger charge is -2.45. The summed E-state index contributed by atoms with van der Waals surface area (Å²) in [5.41, 5.74) is 2.33. The van der Waals surface area contributed by atoms with Crippen LogP contribution in [0.25, 0.3) is 0 Å². The number of carbonyl (C=O) groups is 1. The normalized spacial score (nSPS) is 24.3. The number of benzene rings is 1. The average molecular weight is 387 g/mol. The molecule has 0 aromatic heterocycles. The summed E-state index contributed by atoms with van der Waals surface area (Å²) in [5, 5.41) is 0. The van der Waals surface area contributed by atoms with Crippen molar-refractivity contribution in [3.8, 4) is 5.75 Å². The van der Waals surface area contributed by atoms with Crippen LogP contribution in [0.4, 0.5) is 0 Å². The molecule has 4 rings (SSSR count). The Morgan fingerprint density at radius 1 is 1.25 bits per heavy atom. The molecule has 5 nitrogen and oxygen atoms in total. The zero-order valence-corrected chi connectivity index (χ0v) is 17.2. The summed E-state index contributed by atoms with van der Waals surface area (Å²) in [6.45, 7) is 5.40. The van der Waals surface area contributed by atoms with Gasteiger partial charge in [0, 0.05) is 32.7 Å². The lowest BCUT2D eigenvalue weighted by molar-refractivity contribution is -0.132. The van der Waals surface area contributed by atoms with Crippen molar-refractivity contribution in [3.63, 3.8) is 0 Å². The molecule has 0 saturated carbocycles. The second kappa shape index (κ2) is 9.27. The quantitative estimate of drug-likeness (QED) is 0.723. The number of methoxy groups -OCH3 is 1. The Hall–Kier alpha value is -1.59. The highest BCUT2D eigenvalue weighted by Crippen LogP contribution is 2.32. The van der Waals surface area contributed by atoms with Gasteiger partial charge in [0.2, 0.25) is 5.91 Å². The van der Waals surface area contributed by atoms with E-state index in [0.29, 0.717) is 31.5 Å². The number of carbonyl (C=O) groups excluding carboxylic acids is 1. The van der Waals surface area contributed by atoms with Gasteiger partial charge in [-0.1, -0.05) is 18.6 Å². The Balaban J connectivity index is 1.42. The van der Waals surface area contributed by atoms with E-state index in [1.807, 2.05) is 12.1 Å². The van der Waals surface area contributed by atoms with E-state index in [1.54, 1.807) is 7.11 Å². The van der Waals surface area contributed by atoms with E-state index in [9.17, 15) is 4.79 Å². The SMILES string of the molecule is COCCN(CC1CCCN2CCCCC12)C(=O)Cc1ccc2c(c1)CCO2. The Kier molecular flexibility index (Phi) is 6.53. The minimum Gasteiger partial charge on any atom is -0.493 e. The van der Waals surface area contributed by atoms with Crippen molar-refractivity contribution in [3.05, 3.63) is 29.3 Å². The predicted octanol–water partition coefficient (Wildman–Crippen LogP) is 2.90. The molecule has 0 spiro atoms. The summed E-state index contributed by atoms with van der Waals surface area (Å²) in [7, 11) is 1.71. The number of hydrogen-bond donors (Lipinski definition) is 0. The predicted molar refractivity (Wildman–Crippen MR) is 110 cm³/mol. The van der Waals surface area contributed by atoms with Gasteiger partial charge in [-0.3, -0.25) is 4.79 Å². The van der Waals surface area contributed by atoms with Gasteiger partial charge in [-0.05, 0) is 61.9 Å². The second-order valence-electron chi connectivity index (χ2n) is 8.55. The number of nitrogens with zero attached hydrogens (tertiary/aromatic N) is 2. The van der Waals surface area contributed by atoms with Crippen molar-refractivity contribution in [2.24, 2.45) is 5.92 Å². The first-order valence-corrected chi connectivity index (χ1v) is 11.0. The van der Waals surface area contributed by atoms with Gasteiger partial charge in [0.25, 0.3) is 0 Å².